The van der Waals surface area contributed by atoms with E-state index in [9.17, 15) is 19.7 Å². The van der Waals surface area contributed by atoms with Gasteiger partial charge in [-0.25, -0.2) is 0 Å². The summed E-state index contributed by atoms with van der Waals surface area (Å²) in [5.74, 6) is 0.207. The largest absolute Gasteiger partial charge is 0.326 e. The number of nitro groups is 1. The van der Waals surface area contributed by atoms with E-state index in [-0.39, 0.29) is 22.9 Å². The molecule has 1 atom stereocenters. The highest BCUT2D eigenvalue weighted by atomic mass is 32.2. The third-order valence-electron chi connectivity index (χ3n) is 5.59. The van der Waals surface area contributed by atoms with Crippen LogP contribution in [0.4, 0.5) is 11.4 Å². The van der Waals surface area contributed by atoms with Crippen LogP contribution in [0.5, 0.6) is 0 Å². The van der Waals surface area contributed by atoms with Gasteiger partial charge in [-0.2, -0.15) is 0 Å². The number of nitro benzene ring substituents is 1. The number of nitrogens with one attached hydrogen (secondary N) is 1. The van der Waals surface area contributed by atoms with Gasteiger partial charge in [-0.1, -0.05) is 48.5 Å². The number of amides is 2. The van der Waals surface area contributed by atoms with Crippen LogP contribution in [0.15, 0.2) is 72.8 Å². The van der Waals surface area contributed by atoms with E-state index in [2.05, 4.69) is 17.4 Å². The van der Waals surface area contributed by atoms with Gasteiger partial charge in [0.05, 0.1) is 16.4 Å². The minimum Gasteiger partial charge on any atom is -0.326 e. The fourth-order valence-electron chi connectivity index (χ4n) is 3.72. The van der Waals surface area contributed by atoms with E-state index in [1.807, 2.05) is 35.2 Å². The third-order valence-corrected chi connectivity index (χ3v) is 6.85. The lowest BCUT2D eigenvalue weighted by molar-refractivity contribution is -0.384. The predicted octanol–water partition coefficient (Wildman–Crippen LogP) is 4.97. The highest BCUT2D eigenvalue weighted by Crippen LogP contribution is 2.38. The van der Waals surface area contributed by atoms with Crippen molar-refractivity contribution in [2.24, 2.45) is 0 Å². The Morgan fingerprint density at radius 1 is 1.12 bits per heavy atom. The number of anilines is 1. The van der Waals surface area contributed by atoms with Crippen LogP contribution in [0.3, 0.4) is 0 Å². The number of carbonyl (C=O) groups excluding carboxylic acids is 2. The van der Waals surface area contributed by atoms with Crippen LogP contribution < -0.4 is 5.32 Å². The Morgan fingerprint density at radius 2 is 1.85 bits per heavy atom. The number of non-ortho nitro benzene ring substituents is 1. The van der Waals surface area contributed by atoms with Crippen LogP contribution >= 0.6 is 11.8 Å². The highest BCUT2D eigenvalue weighted by Gasteiger charge is 2.32. The summed E-state index contributed by atoms with van der Waals surface area (Å²) < 4.78 is 0. The molecular weight excluding hydrogens is 438 g/mol. The van der Waals surface area contributed by atoms with Gasteiger partial charge in [-0.15, -0.1) is 11.8 Å². The summed E-state index contributed by atoms with van der Waals surface area (Å²) in [5.41, 5.74) is 3.65. The summed E-state index contributed by atoms with van der Waals surface area (Å²) in [6, 6.07) is 21.6. The van der Waals surface area contributed by atoms with Crippen LogP contribution in [-0.2, 0) is 11.2 Å². The van der Waals surface area contributed by atoms with E-state index in [0.717, 1.165) is 17.5 Å². The molecule has 0 unspecified atom stereocenters. The van der Waals surface area contributed by atoms with Gasteiger partial charge in [0.25, 0.3) is 11.6 Å². The van der Waals surface area contributed by atoms with Crippen molar-refractivity contribution in [3.8, 4) is 0 Å². The monoisotopic (exact) mass is 461 g/mol. The molecule has 4 rings (SSSR count). The van der Waals surface area contributed by atoms with Crippen molar-refractivity contribution in [1.29, 1.82) is 0 Å². The zero-order valence-corrected chi connectivity index (χ0v) is 18.9. The number of nitrogens with zero attached hydrogens (tertiary/aromatic N) is 2. The van der Waals surface area contributed by atoms with Crippen LogP contribution in [0, 0.1) is 17.0 Å². The molecule has 168 valence electrons. The van der Waals surface area contributed by atoms with Crippen molar-refractivity contribution in [3.63, 3.8) is 0 Å². The minimum absolute atomic E-state index is 0.0789. The standard InChI is InChI=1S/C25H23N3O4S/c1-17-7-12-21(28(31)32)15-22(17)26-24(30)19-8-10-20(11-9-19)25-27(23(29)16-33-25)14-13-18-5-3-2-4-6-18/h2-12,15,25H,13-14,16H2,1H3,(H,26,30)/t25-/m1/s1. The molecule has 0 aliphatic carbocycles. The number of carbonyl (C=O) groups is 2. The Kier molecular flexibility index (Phi) is 6.74. The average molecular weight is 462 g/mol. The van der Waals surface area contributed by atoms with Crippen LogP contribution in [0.2, 0.25) is 0 Å². The van der Waals surface area contributed by atoms with Gasteiger partial charge in [0, 0.05) is 24.2 Å². The van der Waals surface area contributed by atoms with E-state index in [0.29, 0.717) is 23.5 Å². The van der Waals surface area contributed by atoms with Crippen molar-refractivity contribution < 1.29 is 14.5 Å². The molecule has 3 aromatic carbocycles. The van der Waals surface area contributed by atoms with E-state index < -0.39 is 4.92 Å². The first-order valence-corrected chi connectivity index (χ1v) is 11.6. The van der Waals surface area contributed by atoms with Crippen molar-refractivity contribution >= 4 is 35.0 Å². The molecule has 3 aromatic rings. The second-order valence-electron chi connectivity index (χ2n) is 7.82. The average Bonchev–Trinajstić information content (AvgIpc) is 3.20. The van der Waals surface area contributed by atoms with E-state index in [4.69, 9.17) is 0 Å². The van der Waals surface area contributed by atoms with Crippen LogP contribution in [0.1, 0.15) is 32.4 Å². The summed E-state index contributed by atoms with van der Waals surface area (Å²) in [5, 5.41) is 13.7. The molecule has 2 amide bonds. The zero-order chi connectivity index (χ0) is 23.4. The van der Waals surface area contributed by atoms with Crippen LogP contribution in [0.25, 0.3) is 0 Å². The van der Waals surface area contributed by atoms with Gasteiger partial charge >= 0.3 is 0 Å². The molecule has 33 heavy (non-hydrogen) atoms. The van der Waals surface area contributed by atoms with Gasteiger partial charge in [0.2, 0.25) is 5.91 Å². The lowest BCUT2D eigenvalue weighted by Gasteiger charge is -2.24. The van der Waals surface area contributed by atoms with Gasteiger partial charge in [-0.05, 0) is 42.2 Å². The Labute approximate surface area is 196 Å². The summed E-state index contributed by atoms with van der Waals surface area (Å²) >= 11 is 1.58. The maximum atomic E-state index is 12.7. The minimum atomic E-state index is -0.492. The molecule has 1 heterocycles. The second-order valence-corrected chi connectivity index (χ2v) is 8.89. The molecule has 1 saturated heterocycles. The highest BCUT2D eigenvalue weighted by molar-refractivity contribution is 8.00. The smallest absolute Gasteiger partial charge is 0.271 e. The maximum absolute atomic E-state index is 12.7. The lowest BCUT2D eigenvalue weighted by atomic mass is 10.1. The van der Waals surface area contributed by atoms with Crippen molar-refractivity contribution in [2.75, 3.05) is 17.6 Å². The number of aryl methyl sites for hydroxylation is 1. The Hall–Kier alpha value is -3.65. The molecule has 1 aliphatic rings. The Bertz CT molecular complexity index is 1180. The first kappa shape index (κ1) is 22.5. The van der Waals surface area contributed by atoms with Crippen molar-refractivity contribution in [1.82, 2.24) is 4.90 Å². The summed E-state index contributed by atoms with van der Waals surface area (Å²) in [4.78, 5) is 37.6. The van der Waals surface area contributed by atoms with Gasteiger partial charge in [0.1, 0.15) is 5.37 Å². The number of thioether (sulfide) groups is 1. The van der Waals surface area contributed by atoms with E-state index in [1.165, 1.54) is 17.7 Å². The van der Waals surface area contributed by atoms with Crippen molar-refractivity contribution in [3.05, 3.63) is 105 Å². The van der Waals surface area contributed by atoms with Gasteiger partial charge in [0.15, 0.2) is 0 Å². The first-order chi connectivity index (χ1) is 15.9. The summed E-state index contributed by atoms with van der Waals surface area (Å²) in [7, 11) is 0. The molecule has 8 heteroatoms. The third kappa shape index (κ3) is 5.23. The van der Waals surface area contributed by atoms with Gasteiger partial charge < -0.3 is 10.2 Å². The number of hydrogen-bond donors (Lipinski definition) is 1. The maximum Gasteiger partial charge on any atom is 0.271 e. The topological polar surface area (TPSA) is 92.5 Å². The SMILES string of the molecule is Cc1ccc([N+](=O)[O-])cc1NC(=O)c1ccc([C@H]2SCC(=O)N2CCc2ccccc2)cc1. The number of rotatable bonds is 7. The molecule has 0 spiro atoms. The molecule has 7 nitrogen and oxygen atoms in total. The molecule has 0 radical (unpaired) electrons. The molecule has 1 fully saturated rings. The molecule has 1 aliphatic heterocycles. The molecule has 0 bridgehead atoms. The molecule has 1 N–H and O–H groups in total. The van der Waals surface area contributed by atoms with E-state index in [1.54, 1.807) is 36.9 Å². The van der Waals surface area contributed by atoms with Crippen LogP contribution in [-0.4, -0.2) is 33.9 Å². The fourth-order valence-corrected chi connectivity index (χ4v) is 4.94. The zero-order valence-electron chi connectivity index (χ0n) is 18.1. The molecule has 0 saturated carbocycles. The Morgan fingerprint density at radius 3 is 2.55 bits per heavy atom. The number of hydrogen-bond acceptors (Lipinski definition) is 5. The second kappa shape index (κ2) is 9.87. The predicted molar refractivity (Wildman–Crippen MR) is 129 cm³/mol. The normalized spacial score (nSPS) is 15.5. The molecular formula is C25H23N3O4S. The van der Waals surface area contributed by atoms with Crippen molar-refractivity contribution in [2.45, 2.75) is 18.7 Å². The van der Waals surface area contributed by atoms with E-state index >= 15 is 0 Å². The summed E-state index contributed by atoms with van der Waals surface area (Å²) in [6.07, 6.45) is 0.784. The first-order valence-electron chi connectivity index (χ1n) is 10.5. The van der Waals surface area contributed by atoms with Gasteiger partial charge in [-0.3, -0.25) is 19.7 Å². The quantitative estimate of drug-likeness (QED) is 0.396. The Balaban J connectivity index is 1.45. The fraction of sp³-hybridized carbons (Fsp3) is 0.200. The number of benzene rings is 3. The summed E-state index contributed by atoms with van der Waals surface area (Å²) in [6.45, 7) is 2.41. The lowest BCUT2D eigenvalue weighted by Crippen LogP contribution is -2.30. The molecule has 0 aromatic heterocycles.